The normalized spacial score (nSPS) is 19.4. The van der Waals surface area contributed by atoms with Crippen molar-refractivity contribution in [3.63, 3.8) is 0 Å². The summed E-state index contributed by atoms with van der Waals surface area (Å²) in [5.74, 6) is -0.789. The van der Waals surface area contributed by atoms with Gasteiger partial charge in [0.25, 0.3) is 5.78 Å². The lowest BCUT2D eigenvalue weighted by Gasteiger charge is -2.23. The maximum atomic E-state index is 14.1. The van der Waals surface area contributed by atoms with Gasteiger partial charge in [0.15, 0.2) is 4.34 Å². The number of amides is 1. The minimum absolute atomic E-state index is 0.0139. The Labute approximate surface area is 251 Å². The van der Waals surface area contributed by atoms with Gasteiger partial charge in [-0.05, 0) is 59.4 Å². The van der Waals surface area contributed by atoms with Crippen LogP contribution in [0.25, 0.3) is 5.76 Å². The van der Waals surface area contributed by atoms with Gasteiger partial charge in [0.1, 0.15) is 23.4 Å². The number of fused-ring (bicyclic) bond motifs is 1. The third-order valence-electron chi connectivity index (χ3n) is 7.44. The molecule has 214 valence electrons. The Kier molecular flexibility index (Phi) is 7.59. The van der Waals surface area contributed by atoms with Gasteiger partial charge < -0.3 is 9.84 Å². The molecule has 1 fully saturated rings. The first-order valence-electron chi connectivity index (χ1n) is 13.6. The maximum Gasteiger partial charge on any atom is 0.301 e. The molecule has 2 atom stereocenters. The number of anilines is 1. The Hall–Kier alpha value is -4.02. The fraction of sp³-hybridized carbons (Fsp3) is 0.250. The van der Waals surface area contributed by atoms with Gasteiger partial charge in [-0.25, -0.2) is 4.39 Å². The maximum absolute atomic E-state index is 14.1. The lowest BCUT2D eigenvalue weighted by atomic mass is 9.93. The Balaban J connectivity index is 1.40. The molecule has 0 spiro atoms. The first-order chi connectivity index (χ1) is 20.2. The van der Waals surface area contributed by atoms with E-state index in [1.165, 1.54) is 22.7 Å². The number of thioether (sulfide) groups is 1. The molecule has 3 aromatic carbocycles. The molecule has 0 aliphatic carbocycles. The van der Waals surface area contributed by atoms with Gasteiger partial charge in [0.2, 0.25) is 5.13 Å². The predicted octanol–water partition coefficient (Wildman–Crippen LogP) is 7.04. The number of Topliss-reactive ketones (excluding diaryl/α,β-unsaturated/α-hetero) is 1. The van der Waals surface area contributed by atoms with Crippen molar-refractivity contribution >= 4 is 45.7 Å². The summed E-state index contributed by atoms with van der Waals surface area (Å²) in [6, 6.07) is 18.6. The van der Waals surface area contributed by atoms with E-state index in [1.807, 2.05) is 37.3 Å². The SMILES string of the molecule is CC1Cc2cc(C(O)=C3C(=O)C(=O)N(c4nnc(SCc5ccccc5F)s4)C3c3ccc(C(C)C)cc3)ccc2O1. The van der Waals surface area contributed by atoms with Crippen LogP contribution < -0.4 is 9.64 Å². The number of rotatable bonds is 7. The fourth-order valence-electron chi connectivity index (χ4n) is 5.25. The second-order valence-corrected chi connectivity index (χ2v) is 12.9. The third kappa shape index (κ3) is 5.20. The highest BCUT2D eigenvalue weighted by atomic mass is 32.2. The average molecular weight is 602 g/mol. The fourth-order valence-corrected chi connectivity index (χ4v) is 7.10. The van der Waals surface area contributed by atoms with Crippen LogP contribution in [0.3, 0.4) is 0 Å². The Morgan fingerprint density at radius 1 is 1.12 bits per heavy atom. The summed E-state index contributed by atoms with van der Waals surface area (Å²) in [6.07, 6.45) is 0.702. The van der Waals surface area contributed by atoms with E-state index in [2.05, 4.69) is 24.0 Å². The van der Waals surface area contributed by atoms with Crippen LogP contribution in [0.1, 0.15) is 60.5 Å². The van der Waals surface area contributed by atoms with E-state index in [0.717, 1.165) is 28.2 Å². The number of carbonyl (C=O) groups is 2. The molecule has 6 rings (SSSR count). The van der Waals surface area contributed by atoms with E-state index < -0.39 is 17.7 Å². The summed E-state index contributed by atoms with van der Waals surface area (Å²) in [5, 5.41) is 20.2. The summed E-state index contributed by atoms with van der Waals surface area (Å²) in [7, 11) is 0. The lowest BCUT2D eigenvalue weighted by molar-refractivity contribution is -0.132. The van der Waals surface area contributed by atoms with E-state index in [9.17, 15) is 19.1 Å². The molecule has 2 unspecified atom stereocenters. The first kappa shape index (κ1) is 28.1. The predicted molar refractivity (Wildman–Crippen MR) is 161 cm³/mol. The largest absolute Gasteiger partial charge is 0.507 e. The van der Waals surface area contributed by atoms with Gasteiger partial charge in [-0.3, -0.25) is 14.5 Å². The number of carbonyl (C=O) groups excluding carboxylic acids is 2. The molecule has 0 radical (unpaired) electrons. The van der Waals surface area contributed by atoms with E-state index in [4.69, 9.17) is 4.74 Å². The van der Waals surface area contributed by atoms with Crippen molar-refractivity contribution in [1.29, 1.82) is 0 Å². The van der Waals surface area contributed by atoms with Gasteiger partial charge in [-0.15, -0.1) is 10.2 Å². The summed E-state index contributed by atoms with van der Waals surface area (Å²) >= 11 is 2.44. The number of halogens is 1. The van der Waals surface area contributed by atoms with E-state index in [1.54, 1.807) is 30.3 Å². The molecule has 4 aromatic rings. The van der Waals surface area contributed by atoms with Crippen molar-refractivity contribution in [2.45, 2.75) is 55.3 Å². The molecule has 2 aliphatic heterocycles. The number of hydrogen-bond donors (Lipinski definition) is 1. The van der Waals surface area contributed by atoms with Crippen molar-refractivity contribution in [2.75, 3.05) is 4.90 Å². The summed E-state index contributed by atoms with van der Waals surface area (Å²) < 4.78 is 20.5. The average Bonchev–Trinajstić information content (AvgIpc) is 3.67. The number of aromatic nitrogens is 2. The number of hydrogen-bond acceptors (Lipinski definition) is 8. The van der Waals surface area contributed by atoms with E-state index >= 15 is 0 Å². The van der Waals surface area contributed by atoms with Gasteiger partial charge in [-0.2, -0.15) is 0 Å². The molecule has 2 aliphatic rings. The zero-order chi connectivity index (χ0) is 29.5. The van der Waals surface area contributed by atoms with E-state index in [0.29, 0.717) is 39.1 Å². The highest BCUT2D eigenvalue weighted by Gasteiger charge is 2.48. The molecule has 7 nitrogen and oxygen atoms in total. The zero-order valence-electron chi connectivity index (χ0n) is 23.2. The van der Waals surface area contributed by atoms with Crippen LogP contribution in [0.5, 0.6) is 5.75 Å². The number of ether oxygens (including phenoxy) is 1. The van der Waals surface area contributed by atoms with Crippen molar-refractivity contribution in [3.05, 3.63) is 106 Å². The number of aliphatic hydroxyl groups is 1. The molecule has 0 saturated carbocycles. The second kappa shape index (κ2) is 11.3. The molecule has 1 saturated heterocycles. The number of aliphatic hydroxyl groups excluding tert-OH is 1. The quantitative estimate of drug-likeness (QED) is 0.0798. The van der Waals surface area contributed by atoms with Crippen LogP contribution in [-0.4, -0.2) is 33.1 Å². The number of ketones is 1. The van der Waals surface area contributed by atoms with Crippen LogP contribution in [0, 0.1) is 5.82 Å². The molecule has 1 aromatic heterocycles. The molecular formula is C32H28FN3O4S2. The Bertz CT molecular complexity index is 1720. The molecule has 0 bridgehead atoms. The minimum atomic E-state index is -0.910. The molecular weight excluding hydrogens is 574 g/mol. The molecule has 1 N–H and O–H groups in total. The smallest absolute Gasteiger partial charge is 0.301 e. The summed E-state index contributed by atoms with van der Waals surface area (Å²) in [4.78, 5) is 28.5. The van der Waals surface area contributed by atoms with Gasteiger partial charge >= 0.3 is 5.91 Å². The summed E-state index contributed by atoms with van der Waals surface area (Å²) in [5.41, 5.74) is 3.64. The van der Waals surface area contributed by atoms with Crippen molar-refractivity contribution in [2.24, 2.45) is 0 Å². The molecule has 42 heavy (non-hydrogen) atoms. The van der Waals surface area contributed by atoms with Gasteiger partial charge in [0, 0.05) is 17.7 Å². The molecule has 10 heteroatoms. The summed E-state index contributed by atoms with van der Waals surface area (Å²) in [6.45, 7) is 6.14. The third-order valence-corrected chi connectivity index (χ3v) is 9.55. The molecule has 1 amide bonds. The Morgan fingerprint density at radius 3 is 2.62 bits per heavy atom. The van der Waals surface area contributed by atoms with Crippen molar-refractivity contribution < 1.29 is 23.8 Å². The minimum Gasteiger partial charge on any atom is -0.507 e. The van der Waals surface area contributed by atoms with Crippen LogP contribution in [-0.2, 0) is 21.8 Å². The highest BCUT2D eigenvalue weighted by Crippen LogP contribution is 2.45. The van der Waals surface area contributed by atoms with Gasteiger partial charge in [0.05, 0.1) is 11.6 Å². The monoisotopic (exact) mass is 601 g/mol. The number of nitrogens with zero attached hydrogens (tertiary/aromatic N) is 3. The lowest BCUT2D eigenvalue weighted by Crippen LogP contribution is -2.29. The van der Waals surface area contributed by atoms with Crippen molar-refractivity contribution in [3.8, 4) is 5.75 Å². The Morgan fingerprint density at radius 2 is 1.88 bits per heavy atom. The van der Waals surface area contributed by atoms with Gasteiger partial charge in [-0.1, -0.05) is 79.4 Å². The second-order valence-electron chi connectivity index (χ2n) is 10.7. The zero-order valence-corrected chi connectivity index (χ0v) is 24.8. The topological polar surface area (TPSA) is 92.6 Å². The van der Waals surface area contributed by atoms with Crippen LogP contribution in [0.15, 0.2) is 76.6 Å². The molecule has 3 heterocycles. The van der Waals surface area contributed by atoms with Crippen LogP contribution in [0.4, 0.5) is 9.52 Å². The standard InChI is InChI=1S/C32H28FN3O4S2/c1-17(2)19-8-10-20(11-9-19)27-26(28(37)21-12-13-25-23(15-21)14-18(3)40-25)29(38)30(39)36(27)31-34-35-32(42-31)41-16-22-6-4-5-7-24(22)33/h4-13,15,17-18,27,37H,14,16H2,1-3H3. The van der Waals surface area contributed by atoms with Crippen LogP contribution >= 0.6 is 23.1 Å². The highest BCUT2D eigenvalue weighted by molar-refractivity contribution is 8.00. The van der Waals surface area contributed by atoms with Crippen molar-refractivity contribution in [1.82, 2.24) is 10.2 Å². The van der Waals surface area contributed by atoms with E-state index in [-0.39, 0.29) is 28.4 Å². The van der Waals surface area contributed by atoms with Crippen LogP contribution in [0.2, 0.25) is 0 Å². The number of benzene rings is 3. The first-order valence-corrected chi connectivity index (χ1v) is 15.4.